The zero-order valence-electron chi connectivity index (χ0n) is 9.97. The number of carbonyl (C=O) groups excluding carboxylic acids is 1. The van der Waals surface area contributed by atoms with Gasteiger partial charge in [-0.25, -0.2) is 4.79 Å². The third kappa shape index (κ3) is 4.15. The molecule has 0 aliphatic carbocycles. The first-order valence-electron chi connectivity index (χ1n) is 5.19. The van der Waals surface area contributed by atoms with Crippen molar-refractivity contribution in [2.75, 3.05) is 13.2 Å². The number of likely N-dealkylation sites (tertiary alicyclic amines) is 1. The molecule has 0 aromatic carbocycles. The second kappa shape index (κ2) is 5.70. The van der Waals surface area contributed by atoms with Gasteiger partial charge in [-0.05, 0) is 27.2 Å². The van der Waals surface area contributed by atoms with Gasteiger partial charge >= 0.3 is 6.09 Å². The van der Waals surface area contributed by atoms with E-state index in [1.807, 2.05) is 20.8 Å². The molecule has 1 amide bonds. The van der Waals surface area contributed by atoms with Crippen LogP contribution in [0.1, 0.15) is 27.2 Å². The van der Waals surface area contributed by atoms with Crippen LogP contribution in [0.15, 0.2) is 0 Å². The summed E-state index contributed by atoms with van der Waals surface area (Å²) in [5.74, 6) is 0. The molecule has 1 fully saturated rings. The van der Waals surface area contributed by atoms with Crippen molar-refractivity contribution in [3.63, 3.8) is 0 Å². The molecule has 2 atom stereocenters. The standard InChI is InChI=1S/C10H20N2O3.ClH/c1-10(2,3)15-9(14)12-5-7(11)4-8(12)6-13;/h7-8,13H,4-6,11H2,1-3H3;1H. The Hall–Kier alpha value is -0.520. The highest BCUT2D eigenvalue weighted by Gasteiger charge is 2.35. The molecule has 2 unspecified atom stereocenters. The third-order valence-corrected chi connectivity index (χ3v) is 2.29. The number of hydrogen-bond acceptors (Lipinski definition) is 4. The summed E-state index contributed by atoms with van der Waals surface area (Å²) in [6.07, 6.45) is 0.241. The van der Waals surface area contributed by atoms with Gasteiger partial charge < -0.3 is 20.5 Å². The quantitative estimate of drug-likeness (QED) is 0.722. The lowest BCUT2D eigenvalue weighted by molar-refractivity contribution is 0.0175. The van der Waals surface area contributed by atoms with Crippen molar-refractivity contribution < 1.29 is 14.6 Å². The summed E-state index contributed by atoms with van der Waals surface area (Å²) in [6, 6.07) is -0.260. The molecule has 5 nitrogen and oxygen atoms in total. The van der Waals surface area contributed by atoms with Crippen LogP contribution in [0.4, 0.5) is 4.79 Å². The molecule has 6 heteroatoms. The fourth-order valence-corrected chi connectivity index (χ4v) is 1.67. The van der Waals surface area contributed by atoms with Gasteiger partial charge in [0.1, 0.15) is 5.60 Å². The van der Waals surface area contributed by atoms with E-state index in [1.54, 1.807) is 0 Å². The summed E-state index contributed by atoms with van der Waals surface area (Å²) in [5.41, 5.74) is 5.22. The number of halogens is 1. The third-order valence-electron chi connectivity index (χ3n) is 2.29. The topological polar surface area (TPSA) is 75.8 Å². The molecular weight excluding hydrogens is 232 g/mol. The van der Waals surface area contributed by atoms with Gasteiger partial charge in [-0.1, -0.05) is 0 Å². The van der Waals surface area contributed by atoms with Gasteiger partial charge in [0.05, 0.1) is 12.6 Å². The van der Waals surface area contributed by atoms with E-state index in [-0.39, 0.29) is 31.1 Å². The van der Waals surface area contributed by atoms with Crippen molar-refractivity contribution in [2.24, 2.45) is 5.73 Å². The summed E-state index contributed by atoms with van der Waals surface area (Å²) in [6.45, 7) is 5.84. The van der Waals surface area contributed by atoms with E-state index in [0.29, 0.717) is 13.0 Å². The molecule has 16 heavy (non-hydrogen) atoms. The average Bonchev–Trinajstić information content (AvgIpc) is 2.43. The first-order chi connectivity index (χ1) is 6.83. The van der Waals surface area contributed by atoms with Crippen LogP contribution in [-0.2, 0) is 4.74 Å². The van der Waals surface area contributed by atoms with Gasteiger partial charge in [-0.3, -0.25) is 0 Å². The van der Waals surface area contributed by atoms with E-state index in [9.17, 15) is 4.79 Å². The molecule has 0 radical (unpaired) electrons. The van der Waals surface area contributed by atoms with Crippen LogP contribution in [0.25, 0.3) is 0 Å². The number of rotatable bonds is 1. The number of aliphatic hydroxyl groups excluding tert-OH is 1. The van der Waals surface area contributed by atoms with Gasteiger partial charge in [0.15, 0.2) is 0 Å². The van der Waals surface area contributed by atoms with Gasteiger partial charge in [0.2, 0.25) is 0 Å². The van der Waals surface area contributed by atoms with E-state index in [0.717, 1.165) is 0 Å². The van der Waals surface area contributed by atoms with Crippen molar-refractivity contribution in [2.45, 2.75) is 44.9 Å². The number of nitrogens with two attached hydrogens (primary N) is 1. The van der Waals surface area contributed by atoms with Gasteiger partial charge in [0.25, 0.3) is 0 Å². The summed E-state index contributed by atoms with van der Waals surface area (Å²) in [7, 11) is 0. The molecule has 0 aromatic heterocycles. The van der Waals surface area contributed by atoms with E-state index in [1.165, 1.54) is 4.90 Å². The number of hydrogen-bond donors (Lipinski definition) is 2. The maximum Gasteiger partial charge on any atom is 0.410 e. The first kappa shape index (κ1) is 15.5. The molecular formula is C10H21ClN2O3. The van der Waals surface area contributed by atoms with E-state index in [4.69, 9.17) is 15.6 Å². The lowest BCUT2D eigenvalue weighted by atomic mass is 10.2. The van der Waals surface area contributed by atoms with Crippen molar-refractivity contribution in [1.29, 1.82) is 0 Å². The fraction of sp³-hybridized carbons (Fsp3) is 0.900. The molecule has 1 heterocycles. The summed E-state index contributed by atoms with van der Waals surface area (Å²) in [4.78, 5) is 13.2. The zero-order valence-corrected chi connectivity index (χ0v) is 10.8. The van der Waals surface area contributed by atoms with Crippen LogP contribution in [0, 0.1) is 0 Å². The van der Waals surface area contributed by atoms with Crippen LogP contribution in [0.2, 0.25) is 0 Å². The number of aliphatic hydroxyl groups is 1. The van der Waals surface area contributed by atoms with Crippen molar-refractivity contribution in [1.82, 2.24) is 4.90 Å². The SMILES string of the molecule is CC(C)(C)OC(=O)N1CC(N)CC1CO.Cl. The lowest BCUT2D eigenvalue weighted by Crippen LogP contribution is -2.41. The Balaban J connectivity index is 0.00000225. The second-order valence-corrected chi connectivity index (χ2v) is 4.96. The zero-order chi connectivity index (χ0) is 11.6. The van der Waals surface area contributed by atoms with E-state index in [2.05, 4.69) is 0 Å². The van der Waals surface area contributed by atoms with Gasteiger partial charge in [0, 0.05) is 12.6 Å². The largest absolute Gasteiger partial charge is 0.444 e. The Morgan fingerprint density at radius 3 is 2.56 bits per heavy atom. The Morgan fingerprint density at radius 2 is 2.12 bits per heavy atom. The Labute approximate surface area is 102 Å². The highest BCUT2D eigenvalue weighted by atomic mass is 35.5. The minimum Gasteiger partial charge on any atom is -0.444 e. The van der Waals surface area contributed by atoms with Crippen LogP contribution in [0.3, 0.4) is 0 Å². The van der Waals surface area contributed by atoms with Crippen LogP contribution >= 0.6 is 12.4 Å². The smallest absolute Gasteiger partial charge is 0.410 e. The minimum absolute atomic E-state index is 0. The fourth-order valence-electron chi connectivity index (χ4n) is 1.67. The Morgan fingerprint density at radius 1 is 1.56 bits per heavy atom. The Kier molecular flexibility index (Phi) is 5.52. The summed E-state index contributed by atoms with van der Waals surface area (Å²) >= 11 is 0. The number of amides is 1. The molecule has 96 valence electrons. The monoisotopic (exact) mass is 252 g/mol. The molecule has 1 rings (SSSR count). The number of ether oxygens (including phenoxy) is 1. The normalized spacial score (nSPS) is 25.2. The second-order valence-electron chi connectivity index (χ2n) is 4.96. The lowest BCUT2D eigenvalue weighted by Gasteiger charge is -2.27. The molecule has 1 saturated heterocycles. The highest BCUT2D eigenvalue weighted by molar-refractivity contribution is 5.85. The molecule has 0 bridgehead atoms. The minimum atomic E-state index is -0.510. The van der Waals surface area contributed by atoms with Crippen LogP contribution in [-0.4, -0.2) is 46.9 Å². The maximum atomic E-state index is 11.7. The van der Waals surface area contributed by atoms with Gasteiger partial charge in [-0.2, -0.15) is 0 Å². The van der Waals surface area contributed by atoms with E-state index < -0.39 is 11.7 Å². The van der Waals surface area contributed by atoms with Crippen molar-refractivity contribution in [3.8, 4) is 0 Å². The molecule has 0 spiro atoms. The highest BCUT2D eigenvalue weighted by Crippen LogP contribution is 2.19. The molecule has 1 aliphatic heterocycles. The molecule has 1 aliphatic rings. The number of nitrogens with zero attached hydrogens (tertiary/aromatic N) is 1. The Bertz CT molecular complexity index is 243. The van der Waals surface area contributed by atoms with Crippen LogP contribution in [0.5, 0.6) is 0 Å². The number of carbonyl (C=O) groups is 1. The maximum absolute atomic E-state index is 11.7. The predicted octanol–water partition coefficient (Wildman–Crippen LogP) is 0.737. The summed E-state index contributed by atoms with van der Waals surface area (Å²) < 4.78 is 5.22. The average molecular weight is 253 g/mol. The van der Waals surface area contributed by atoms with E-state index >= 15 is 0 Å². The molecule has 0 aromatic rings. The van der Waals surface area contributed by atoms with Crippen LogP contribution < -0.4 is 5.73 Å². The predicted molar refractivity (Wildman–Crippen MR) is 63.7 cm³/mol. The first-order valence-corrected chi connectivity index (χ1v) is 5.19. The van der Waals surface area contributed by atoms with Crippen molar-refractivity contribution >= 4 is 18.5 Å². The summed E-state index contributed by atoms with van der Waals surface area (Å²) in [5, 5.41) is 9.10. The van der Waals surface area contributed by atoms with Crippen molar-refractivity contribution in [3.05, 3.63) is 0 Å². The molecule has 0 saturated carbocycles. The van der Waals surface area contributed by atoms with Gasteiger partial charge in [-0.15, -0.1) is 12.4 Å². The molecule has 3 N–H and O–H groups in total.